The highest BCUT2D eigenvalue weighted by molar-refractivity contribution is 8.02. The zero-order valence-electron chi connectivity index (χ0n) is 14.0. The third-order valence-electron chi connectivity index (χ3n) is 4.41. The van der Waals surface area contributed by atoms with Crippen LogP contribution in [-0.4, -0.2) is 49.3 Å². The van der Waals surface area contributed by atoms with Crippen LogP contribution in [0.1, 0.15) is 5.69 Å². The Labute approximate surface area is 160 Å². The fraction of sp³-hybridized carbons (Fsp3) is 0.389. The van der Waals surface area contributed by atoms with E-state index in [1.807, 2.05) is 11.8 Å². The van der Waals surface area contributed by atoms with Crippen LogP contribution in [0.4, 0.5) is 0 Å². The topological polar surface area (TPSA) is 10.4 Å². The Morgan fingerprint density at radius 1 is 1.09 bits per heavy atom. The number of nitrogens with zero attached hydrogens (tertiary/aromatic N) is 3. The predicted molar refractivity (Wildman–Crippen MR) is 95.7 cm³/mol. The van der Waals surface area contributed by atoms with Crippen molar-refractivity contribution in [1.82, 2.24) is 9.80 Å². The van der Waals surface area contributed by atoms with Crippen molar-refractivity contribution in [2.45, 2.75) is 0 Å². The molecule has 0 spiro atoms. The molecule has 0 amide bonds. The first-order valence-corrected chi connectivity index (χ1v) is 8.98. The van der Waals surface area contributed by atoms with Gasteiger partial charge in [-0.15, -0.1) is 11.8 Å². The summed E-state index contributed by atoms with van der Waals surface area (Å²) >= 11 is 1.84. The van der Waals surface area contributed by atoms with E-state index in [0.29, 0.717) is 0 Å². The van der Waals surface area contributed by atoms with Crippen LogP contribution in [0, 0.1) is 0 Å². The molecule has 1 aromatic heterocycles. The quantitative estimate of drug-likeness (QED) is 0.474. The second-order valence-electron chi connectivity index (χ2n) is 5.85. The van der Waals surface area contributed by atoms with Gasteiger partial charge in [0.25, 0.3) is 0 Å². The molecule has 3 nitrogen and oxygen atoms in total. The Balaban J connectivity index is 0.00000192. The number of aromatic nitrogens is 1. The molecule has 0 unspecified atom stereocenters. The molecule has 2 aromatic rings. The highest BCUT2D eigenvalue weighted by atomic mass is 127. The Morgan fingerprint density at radius 2 is 1.78 bits per heavy atom. The summed E-state index contributed by atoms with van der Waals surface area (Å²) in [6, 6.07) is 13.0. The maximum atomic E-state index is 2.50. The number of aryl methyl sites for hydroxylation is 1. The van der Waals surface area contributed by atoms with Crippen molar-refractivity contribution in [3.63, 3.8) is 0 Å². The lowest BCUT2D eigenvalue weighted by Crippen LogP contribution is -3.00. The lowest BCUT2D eigenvalue weighted by Gasteiger charge is -2.34. The third-order valence-corrected chi connectivity index (χ3v) is 5.21. The highest BCUT2D eigenvalue weighted by Gasteiger charge is 2.18. The van der Waals surface area contributed by atoms with Gasteiger partial charge in [0.2, 0.25) is 11.2 Å². The Kier molecular flexibility index (Phi) is 6.73. The molecule has 0 bridgehead atoms. The van der Waals surface area contributed by atoms with E-state index in [1.54, 1.807) is 0 Å². The number of piperazine rings is 1. The second-order valence-corrected chi connectivity index (χ2v) is 6.68. The van der Waals surface area contributed by atoms with Crippen molar-refractivity contribution < 1.29 is 28.5 Å². The molecule has 0 radical (unpaired) electrons. The largest absolute Gasteiger partial charge is 1.00 e. The first-order chi connectivity index (χ1) is 10.7. The van der Waals surface area contributed by atoms with E-state index in [2.05, 4.69) is 77.2 Å². The molecule has 1 saturated heterocycles. The fourth-order valence-corrected chi connectivity index (χ4v) is 3.62. The van der Waals surface area contributed by atoms with E-state index in [0.717, 1.165) is 26.2 Å². The average Bonchev–Trinajstić information content (AvgIpc) is 2.56. The van der Waals surface area contributed by atoms with E-state index in [4.69, 9.17) is 0 Å². The van der Waals surface area contributed by atoms with Crippen LogP contribution >= 0.6 is 11.8 Å². The van der Waals surface area contributed by atoms with Gasteiger partial charge in [-0.2, -0.15) is 4.57 Å². The molecule has 3 rings (SSSR count). The van der Waals surface area contributed by atoms with Gasteiger partial charge in [-0.3, -0.25) is 0 Å². The first kappa shape index (κ1) is 18.5. The number of para-hydroxylation sites is 1. The number of fused-ring (bicyclic) bond motifs is 1. The van der Waals surface area contributed by atoms with Gasteiger partial charge in [-0.1, -0.05) is 12.1 Å². The van der Waals surface area contributed by atoms with Crippen molar-refractivity contribution in [2.24, 2.45) is 7.05 Å². The molecule has 1 aliphatic rings. The van der Waals surface area contributed by atoms with Crippen molar-refractivity contribution in [2.75, 3.05) is 39.5 Å². The zero-order valence-corrected chi connectivity index (χ0v) is 17.0. The van der Waals surface area contributed by atoms with Crippen LogP contribution in [0.25, 0.3) is 17.0 Å². The van der Waals surface area contributed by atoms with E-state index in [-0.39, 0.29) is 24.0 Å². The van der Waals surface area contributed by atoms with Crippen molar-refractivity contribution in [3.8, 4) is 0 Å². The Morgan fingerprint density at radius 3 is 2.48 bits per heavy atom. The number of benzene rings is 1. The SMILES string of the molecule is CSC(=Cc1ccc2ccccc2[n+]1C)N1CCN(C)CC1.[I-]. The Hall–Kier alpha value is -0.790. The second kappa shape index (κ2) is 8.35. The van der Waals surface area contributed by atoms with Crippen LogP contribution in [0.15, 0.2) is 41.4 Å². The molecule has 23 heavy (non-hydrogen) atoms. The predicted octanol–water partition coefficient (Wildman–Crippen LogP) is -0.423. The van der Waals surface area contributed by atoms with Gasteiger partial charge in [0.05, 0.1) is 5.03 Å². The van der Waals surface area contributed by atoms with E-state index >= 15 is 0 Å². The maximum absolute atomic E-state index is 2.50. The number of hydrogen-bond acceptors (Lipinski definition) is 3. The molecule has 1 aromatic carbocycles. The molecule has 2 heterocycles. The average molecular weight is 441 g/mol. The zero-order chi connectivity index (χ0) is 15.5. The van der Waals surface area contributed by atoms with E-state index < -0.39 is 0 Å². The number of hydrogen-bond donors (Lipinski definition) is 0. The van der Waals surface area contributed by atoms with E-state index in [9.17, 15) is 0 Å². The van der Waals surface area contributed by atoms with Gasteiger partial charge < -0.3 is 33.8 Å². The minimum absolute atomic E-state index is 0. The molecule has 124 valence electrons. The van der Waals surface area contributed by atoms with Crippen LogP contribution in [0.3, 0.4) is 0 Å². The molecule has 0 N–H and O–H groups in total. The third kappa shape index (κ3) is 4.19. The summed E-state index contributed by atoms with van der Waals surface area (Å²) in [6.45, 7) is 4.50. The van der Waals surface area contributed by atoms with Gasteiger partial charge >= 0.3 is 0 Å². The summed E-state index contributed by atoms with van der Waals surface area (Å²) in [7, 11) is 4.35. The van der Waals surface area contributed by atoms with Crippen molar-refractivity contribution in [3.05, 3.63) is 47.1 Å². The molecule has 1 fully saturated rings. The normalized spacial score (nSPS) is 16.5. The maximum Gasteiger partial charge on any atom is 0.212 e. The van der Waals surface area contributed by atoms with Gasteiger partial charge in [-0.05, 0) is 25.4 Å². The smallest absolute Gasteiger partial charge is 0.212 e. The minimum Gasteiger partial charge on any atom is -1.00 e. The number of likely N-dealkylation sites (N-methyl/N-ethyl adjacent to an activating group) is 1. The summed E-state index contributed by atoms with van der Waals surface area (Å²) in [5.41, 5.74) is 2.53. The fourth-order valence-electron chi connectivity index (χ4n) is 2.94. The highest BCUT2D eigenvalue weighted by Crippen LogP contribution is 2.22. The van der Waals surface area contributed by atoms with Crippen LogP contribution in [0.2, 0.25) is 0 Å². The van der Waals surface area contributed by atoms with Gasteiger partial charge in [-0.25, -0.2) is 0 Å². The summed E-state index contributed by atoms with van der Waals surface area (Å²) < 4.78 is 2.28. The van der Waals surface area contributed by atoms with Gasteiger partial charge in [0.1, 0.15) is 7.05 Å². The van der Waals surface area contributed by atoms with Gasteiger partial charge in [0, 0.05) is 49.8 Å². The van der Waals surface area contributed by atoms with Crippen LogP contribution < -0.4 is 28.5 Å². The molecule has 5 heteroatoms. The Bertz CT molecular complexity index is 694. The lowest BCUT2D eigenvalue weighted by molar-refractivity contribution is -0.646. The summed E-state index contributed by atoms with van der Waals surface area (Å²) in [6.07, 6.45) is 4.49. The molecular weight excluding hydrogens is 417 g/mol. The minimum atomic E-state index is 0. The monoisotopic (exact) mass is 441 g/mol. The van der Waals surface area contributed by atoms with Crippen molar-refractivity contribution >= 4 is 28.7 Å². The molecule has 0 atom stereocenters. The number of thioether (sulfide) groups is 1. The van der Waals surface area contributed by atoms with E-state index in [1.165, 1.54) is 21.6 Å². The molecular formula is C18H24IN3S. The molecule has 0 saturated carbocycles. The van der Waals surface area contributed by atoms with Gasteiger partial charge in [0.15, 0.2) is 0 Å². The van der Waals surface area contributed by atoms with Crippen LogP contribution in [-0.2, 0) is 7.05 Å². The lowest BCUT2D eigenvalue weighted by atomic mass is 10.2. The summed E-state index contributed by atoms with van der Waals surface area (Å²) in [5, 5.41) is 2.64. The standard InChI is InChI=1S/C18H24N3S.HI/c1-19-10-12-21(13-11-19)18(22-3)14-16-9-8-15-6-4-5-7-17(15)20(16)2;/h4-9,14H,10-13H2,1-3H3;1H/q+1;/p-1. The number of rotatable bonds is 3. The number of pyridine rings is 1. The number of halogens is 1. The first-order valence-electron chi connectivity index (χ1n) is 7.76. The molecule has 0 aliphatic carbocycles. The summed E-state index contributed by atoms with van der Waals surface area (Å²) in [5.74, 6) is 0. The van der Waals surface area contributed by atoms with Crippen molar-refractivity contribution in [1.29, 1.82) is 0 Å². The summed E-state index contributed by atoms with van der Waals surface area (Å²) in [4.78, 5) is 4.89. The van der Waals surface area contributed by atoms with Crippen LogP contribution in [0.5, 0.6) is 0 Å². The molecule has 1 aliphatic heterocycles.